The minimum atomic E-state index is -4.29. The van der Waals surface area contributed by atoms with Gasteiger partial charge in [0.2, 0.25) is 0 Å². The van der Waals surface area contributed by atoms with Crippen molar-refractivity contribution >= 4 is 61.8 Å². The molecule has 3 aromatic carbocycles. The van der Waals surface area contributed by atoms with E-state index < -0.39 is 10.1 Å². The zero-order valence-corrected chi connectivity index (χ0v) is 13.5. The third-order valence-corrected chi connectivity index (χ3v) is 4.39. The van der Waals surface area contributed by atoms with Crippen molar-refractivity contribution in [1.29, 1.82) is 0 Å². The van der Waals surface area contributed by atoms with Gasteiger partial charge in [-0.25, -0.2) is 0 Å². The van der Waals surface area contributed by atoms with E-state index in [1.165, 1.54) is 24.3 Å². The molecule has 0 bridgehead atoms. The molecule has 25 heavy (non-hydrogen) atoms. The zero-order valence-electron chi connectivity index (χ0n) is 12.7. The number of aryl methyl sites for hydroxylation is 1. The summed E-state index contributed by atoms with van der Waals surface area (Å²) in [5.41, 5.74) is 1.96. The summed E-state index contributed by atoms with van der Waals surface area (Å²) in [6.07, 6.45) is 0. The van der Waals surface area contributed by atoms with Gasteiger partial charge in [-0.05, 0) is 42.6 Å². The van der Waals surface area contributed by atoms with Crippen molar-refractivity contribution in [3.8, 4) is 5.75 Å². The van der Waals surface area contributed by atoms with Crippen LogP contribution in [0.25, 0.3) is 10.8 Å². The molecule has 0 radical (unpaired) electrons. The van der Waals surface area contributed by atoms with Crippen molar-refractivity contribution in [3.05, 3.63) is 60.2 Å². The van der Waals surface area contributed by atoms with Gasteiger partial charge in [0.15, 0.2) is 0 Å². The number of phenols is 1. The second kappa shape index (κ2) is 7.63. The van der Waals surface area contributed by atoms with Crippen LogP contribution >= 0.6 is 0 Å². The Morgan fingerprint density at radius 3 is 2.24 bits per heavy atom. The van der Waals surface area contributed by atoms with E-state index in [1.54, 1.807) is 18.2 Å². The number of nitrogens with zero attached hydrogens (tertiary/aromatic N) is 2. The van der Waals surface area contributed by atoms with Gasteiger partial charge in [-0.15, -0.1) is 5.11 Å². The maximum atomic E-state index is 11.2. The van der Waals surface area contributed by atoms with E-state index in [1.807, 2.05) is 19.1 Å². The molecular weight excluding hydrogens is 351 g/mol. The van der Waals surface area contributed by atoms with E-state index in [9.17, 15) is 13.5 Å². The number of aromatic hydroxyl groups is 1. The van der Waals surface area contributed by atoms with Crippen LogP contribution < -0.4 is 0 Å². The number of hydrogen-bond donors (Lipinski definition) is 2. The van der Waals surface area contributed by atoms with Gasteiger partial charge in [0.05, 0.1) is 10.6 Å². The summed E-state index contributed by atoms with van der Waals surface area (Å²) in [5, 5.41) is 19.3. The van der Waals surface area contributed by atoms with Crippen LogP contribution in [0, 0.1) is 6.92 Å². The number of phenolic OH excluding ortho intramolecular Hbond substituents is 1. The molecule has 0 fully saturated rings. The van der Waals surface area contributed by atoms with E-state index >= 15 is 0 Å². The summed E-state index contributed by atoms with van der Waals surface area (Å²) in [7, 11) is -4.29. The van der Waals surface area contributed by atoms with E-state index in [4.69, 9.17) is 4.55 Å². The number of fused-ring (bicyclic) bond motifs is 1. The van der Waals surface area contributed by atoms with Gasteiger partial charge in [-0.3, -0.25) is 4.55 Å². The Hall–Kier alpha value is -1.77. The molecule has 124 valence electrons. The monoisotopic (exact) mass is 366 g/mol. The Morgan fingerprint density at radius 2 is 1.60 bits per heavy atom. The summed E-state index contributed by atoms with van der Waals surface area (Å²) >= 11 is 0. The topological polar surface area (TPSA) is 99.3 Å². The first-order chi connectivity index (χ1) is 11.3. The normalized spacial score (nSPS) is 11.6. The van der Waals surface area contributed by atoms with Crippen LogP contribution in [-0.4, -0.2) is 47.6 Å². The molecule has 0 aliphatic heterocycles. The first kappa shape index (κ1) is 19.6. The standard InChI is InChI=1S/C17H14N2O4S.Na.H/c1-11-2-5-13(6-3-11)18-19-17-15-8-7-14(24(21,22)23)10-12(15)4-9-16(17)20;;/h2-10,20H,1H3,(H,21,22,23);;. The third-order valence-electron chi connectivity index (χ3n) is 3.54. The van der Waals surface area contributed by atoms with Crippen LogP contribution in [0.1, 0.15) is 5.56 Å². The number of benzene rings is 3. The summed E-state index contributed by atoms with van der Waals surface area (Å²) in [4.78, 5) is -0.220. The summed E-state index contributed by atoms with van der Waals surface area (Å²) in [6.45, 7) is 1.96. The van der Waals surface area contributed by atoms with E-state index in [0.29, 0.717) is 16.5 Å². The fraction of sp³-hybridized carbons (Fsp3) is 0.0588. The molecule has 0 saturated heterocycles. The van der Waals surface area contributed by atoms with E-state index in [2.05, 4.69) is 10.2 Å². The number of azo groups is 1. The summed E-state index contributed by atoms with van der Waals surface area (Å²) in [6, 6.07) is 14.4. The molecule has 3 aromatic rings. The quantitative estimate of drug-likeness (QED) is 0.417. The summed E-state index contributed by atoms with van der Waals surface area (Å²) < 4.78 is 31.6. The van der Waals surface area contributed by atoms with Crippen molar-refractivity contribution in [3.63, 3.8) is 0 Å². The Balaban J connectivity index is 0.00000225. The van der Waals surface area contributed by atoms with Gasteiger partial charge in [-0.2, -0.15) is 13.5 Å². The van der Waals surface area contributed by atoms with Crippen LogP contribution in [-0.2, 0) is 10.1 Å². The van der Waals surface area contributed by atoms with E-state index in [-0.39, 0.29) is 45.9 Å². The summed E-state index contributed by atoms with van der Waals surface area (Å²) in [5.74, 6) is -0.0713. The maximum absolute atomic E-state index is 11.2. The number of hydrogen-bond acceptors (Lipinski definition) is 5. The van der Waals surface area contributed by atoms with Crippen LogP contribution in [0.5, 0.6) is 5.75 Å². The van der Waals surface area contributed by atoms with Crippen molar-refractivity contribution in [2.75, 3.05) is 0 Å². The molecule has 2 N–H and O–H groups in total. The Labute approximate surface area is 167 Å². The molecule has 3 rings (SSSR count). The van der Waals surface area contributed by atoms with Gasteiger partial charge in [-0.1, -0.05) is 29.8 Å². The molecule has 0 aliphatic rings. The van der Waals surface area contributed by atoms with Gasteiger partial charge >= 0.3 is 29.6 Å². The van der Waals surface area contributed by atoms with Crippen LogP contribution in [0.4, 0.5) is 11.4 Å². The molecule has 0 heterocycles. The Bertz CT molecular complexity index is 1050. The second-order valence-corrected chi connectivity index (χ2v) is 6.75. The van der Waals surface area contributed by atoms with Crippen LogP contribution in [0.3, 0.4) is 0 Å². The molecule has 0 spiro atoms. The SMILES string of the molecule is Cc1ccc(N=Nc2c(O)ccc3cc(S(=O)(=O)O)ccc23)cc1.[NaH]. The van der Waals surface area contributed by atoms with Crippen molar-refractivity contribution < 1.29 is 18.1 Å². The van der Waals surface area contributed by atoms with Gasteiger partial charge < -0.3 is 5.11 Å². The van der Waals surface area contributed by atoms with E-state index in [0.717, 1.165) is 5.56 Å². The molecular formula is C17H15N2NaO4S. The molecule has 8 heteroatoms. The van der Waals surface area contributed by atoms with Gasteiger partial charge in [0.1, 0.15) is 11.4 Å². The van der Waals surface area contributed by atoms with Crippen LogP contribution in [0.15, 0.2) is 69.7 Å². The average molecular weight is 366 g/mol. The zero-order chi connectivity index (χ0) is 17.3. The Kier molecular flexibility index (Phi) is 5.97. The fourth-order valence-corrected chi connectivity index (χ4v) is 2.78. The predicted octanol–water partition coefficient (Wildman–Crippen LogP) is 3.87. The second-order valence-electron chi connectivity index (χ2n) is 5.33. The molecule has 0 aromatic heterocycles. The molecule has 0 unspecified atom stereocenters. The van der Waals surface area contributed by atoms with Crippen molar-refractivity contribution in [2.45, 2.75) is 11.8 Å². The first-order valence-electron chi connectivity index (χ1n) is 7.06. The fourth-order valence-electron chi connectivity index (χ4n) is 2.26. The molecule has 6 nitrogen and oxygen atoms in total. The predicted molar refractivity (Wildman–Crippen MR) is 97.9 cm³/mol. The average Bonchev–Trinajstić information content (AvgIpc) is 2.54. The van der Waals surface area contributed by atoms with Gasteiger partial charge in [0, 0.05) is 5.39 Å². The Morgan fingerprint density at radius 1 is 0.920 bits per heavy atom. The van der Waals surface area contributed by atoms with Crippen molar-refractivity contribution in [1.82, 2.24) is 0 Å². The molecule has 0 atom stereocenters. The van der Waals surface area contributed by atoms with Gasteiger partial charge in [0.25, 0.3) is 10.1 Å². The molecule has 0 saturated carbocycles. The molecule has 0 aliphatic carbocycles. The minimum absolute atomic E-state index is 0. The molecule has 0 amide bonds. The third kappa shape index (κ3) is 4.45. The number of rotatable bonds is 3. The first-order valence-corrected chi connectivity index (χ1v) is 8.50. The van der Waals surface area contributed by atoms with Crippen LogP contribution in [0.2, 0.25) is 0 Å². The van der Waals surface area contributed by atoms with Crippen molar-refractivity contribution in [2.24, 2.45) is 10.2 Å².